The number of alkyl halides is 1. The van der Waals surface area contributed by atoms with E-state index in [2.05, 4.69) is 10.2 Å². The van der Waals surface area contributed by atoms with E-state index in [1.54, 1.807) is 14.0 Å². The molecular formula is C9H16ClN3O2. The zero-order chi connectivity index (χ0) is 11.3. The lowest BCUT2D eigenvalue weighted by molar-refractivity contribution is 0.196. The van der Waals surface area contributed by atoms with E-state index in [0.29, 0.717) is 11.9 Å². The summed E-state index contributed by atoms with van der Waals surface area (Å²) in [6.45, 7) is 3.33. The van der Waals surface area contributed by atoms with E-state index in [-0.39, 0.29) is 5.38 Å². The minimum atomic E-state index is -0.251. The van der Waals surface area contributed by atoms with Crippen LogP contribution in [0.15, 0.2) is 4.42 Å². The topological polar surface area (TPSA) is 51.4 Å². The van der Waals surface area contributed by atoms with Crippen LogP contribution in [0.2, 0.25) is 0 Å². The van der Waals surface area contributed by atoms with Crippen LogP contribution in [-0.2, 0) is 4.74 Å². The molecule has 6 heteroatoms. The maximum Gasteiger partial charge on any atom is 0.317 e. The molecule has 5 nitrogen and oxygen atoms in total. The van der Waals surface area contributed by atoms with Crippen molar-refractivity contribution in [3.8, 4) is 0 Å². The summed E-state index contributed by atoms with van der Waals surface area (Å²) in [5, 5.41) is 7.49. The second kappa shape index (κ2) is 5.92. The van der Waals surface area contributed by atoms with Crippen molar-refractivity contribution in [3.05, 3.63) is 5.89 Å². The largest absolute Gasteiger partial charge is 0.406 e. The van der Waals surface area contributed by atoms with Gasteiger partial charge in [-0.3, -0.25) is 0 Å². The molecule has 0 radical (unpaired) electrons. The summed E-state index contributed by atoms with van der Waals surface area (Å²) in [5.74, 6) is 0.449. The molecule has 0 saturated carbocycles. The van der Waals surface area contributed by atoms with Crippen LogP contribution >= 0.6 is 11.6 Å². The highest BCUT2D eigenvalue weighted by Crippen LogP contribution is 2.20. The Hall–Kier alpha value is -0.810. The fourth-order valence-corrected chi connectivity index (χ4v) is 1.17. The van der Waals surface area contributed by atoms with Crippen molar-refractivity contribution in [1.82, 2.24) is 10.2 Å². The molecule has 0 N–H and O–H groups in total. The predicted molar refractivity (Wildman–Crippen MR) is 58.3 cm³/mol. The number of halogens is 1. The number of rotatable bonds is 6. The molecule has 1 rings (SSSR count). The second-order valence-electron chi connectivity index (χ2n) is 3.31. The van der Waals surface area contributed by atoms with E-state index < -0.39 is 0 Å². The Bertz CT molecular complexity index is 291. The zero-order valence-electron chi connectivity index (χ0n) is 9.23. The van der Waals surface area contributed by atoms with Gasteiger partial charge in [0, 0.05) is 27.3 Å². The van der Waals surface area contributed by atoms with Crippen LogP contribution in [0, 0.1) is 0 Å². The van der Waals surface area contributed by atoms with Crippen LogP contribution in [0.3, 0.4) is 0 Å². The van der Waals surface area contributed by atoms with Crippen molar-refractivity contribution in [2.45, 2.75) is 18.7 Å². The molecule has 0 saturated heterocycles. The molecule has 0 aliphatic rings. The lowest BCUT2D eigenvalue weighted by Gasteiger charge is -2.12. The molecule has 86 valence electrons. The van der Waals surface area contributed by atoms with Crippen molar-refractivity contribution < 1.29 is 9.15 Å². The lowest BCUT2D eigenvalue weighted by Crippen LogP contribution is -2.19. The van der Waals surface area contributed by atoms with E-state index in [1.165, 1.54) is 0 Å². The van der Waals surface area contributed by atoms with Crippen LogP contribution in [0.5, 0.6) is 0 Å². The van der Waals surface area contributed by atoms with Gasteiger partial charge in [-0.25, -0.2) is 0 Å². The SMILES string of the molecule is COCCCN(C)c1nnc(C(C)Cl)o1. The standard InChI is InChI=1S/C9H16ClN3O2/c1-7(10)8-11-12-9(15-8)13(2)5-4-6-14-3/h7H,4-6H2,1-3H3. The summed E-state index contributed by atoms with van der Waals surface area (Å²) in [4.78, 5) is 1.88. The molecule has 15 heavy (non-hydrogen) atoms. The number of methoxy groups -OCH3 is 1. The van der Waals surface area contributed by atoms with Crippen LogP contribution < -0.4 is 4.90 Å². The average molecular weight is 234 g/mol. The van der Waals surface area contributed by atoms with E-state index in [1.807, 2.05) is 11.9 Å². The third-order valence-electron chi connectivity index (χ3n) is 1.94. The van der Waals surface area contributed by atoms with Gasteiger partial charge in [-0.1, -0.05) is 5.10 Å². The van der Waals surface area contributed by atoms with Gasteiger partial charge in [0.05, 0.1) is 0 Å². The fraction of sp³-hybridized carbons (Fsp3) is 0.778. The molecule has 0 bridgehead atoms. The first-order valence-corrected chi connectivity index (χ1v) is 5.26. The molecule has 1 heterocycles. The molecule has 1 aromatic rings. The summed E-state index contributed by atoms with van der Waals surface area (Å²) < 4.78 is 10.3. The molecule has 1 unspecified atom stereocenters. The average Bonchev–Trinajstić information content (AvgIpc) is 2.66. The highest BCUT2D eigenvalue weighted by atomic mass is 35.5. The molecule has 0 aliphatic carbocycles. The smallest absolute Gasteiger partial charge is 0.317 e. The highest BCUT2D eigenvalue weighted by Gasteiger charge is 2.13. The summed E-state index contributed by atoms with van der Waals surface area (Å²) >= 11 is 5.81. The van der Waals surface area contributed by atoms with Crippen LogP contribution in [-0.4, -0.2) is 37.5 Å². The van der Waals surface area contributed by atoms with E-state index in [4.69, 9.17) is 20.8 Å². The molecular weight excluding hydrogens is 218 g/mol. The maximum absolute atomic E-state index is 5.81. The van der Waals surface area contributed by atoms with E-state index >= 15 is 0 Å². The van der Waals surface area contributed by atoms with Crippen molar-refractivity contribution >= 4 is 17.6 Å². The van der Waals surface area contributed by atoms with Gasteiger partial charge in [-0.05, 0) is 13.3 Å². The van der Waals surface area contributed by atoms with E-state index in [0.717, 1.165) is 19.6 Å². The number of nitrogens with zero attached hydrogens (tertiary/aromatic N) is 3. The van der Waals surface area contributed by atoms with Gasteiger partial charge in [-0.2, -0.15) is 0 Å². The van der Waals surface area contributed by atoms with Gasteiger partial charge in [-0.15, -0.1) is 16.7 Å². The third kappa shape index (κ3) is 3.68. The number of anilines is 1. The Kier molecular flexibility index (Phi) is 4.84. The van der Waals surface area contributed by atoms with Gasteiger partial charge < -0.3 is 14.1 Å². The Morgan fingerprint density at radius 2 is 2.27 bits per heavy atom. The van der Waals surface area contributed by atoms with Crippen molar-refractivity contribution in [3.63, 3.8) is 0 Å². The zero-order valence-corrected chi connectivity index (χ0v) is 9.99. The molecule has 0 fully saturated rings. The molecule has 0 aromatic carbocycles. The Labute approximate surface area is 94.4 Å². The van der Waals surface area contributed by atoms with Crippen molar-refractivity contribution in [2.75, 3.05) is 32.2 Å². The summed E-state index contributed by atoms with van der Waals surface area (Å²) in [6.07, 6.45) is 0.918. The minimum Gasteiger partial charge on any atom is -0.406 e. The number of ether oxygens (including phenoxy) is 1. The lowest BCUT2D eigenvalue weighted by atomic mass is 10.4. The molecule has 0 spiro atoms. The first-order valence-electron chi connectivity index (χ1n) is 4.82. The molecule has 0 amide bonds. The van der Waals surface area contributed by atoms with Gasteiger partial charge in [0.2, 0.25) is 5.89 Å². The minimum absolute atomic E-state index is 0.251. The van der Waals surface area contributed by atoms with Crippen LogP contribution in [0.4, 0.5) is 6.01 Å². The monoisotopic (exact) mass is 233 g/mol. The molecule has 0 aliphatic heterocycles. The number of hydrogen-bond donors (Lipinski definition) is 0. The van der Waals surface area contributed by atoms with Crippen LogP contribution in [0.25, 0.3) is 0 Å². The Balaban J connectivity index is 2.47. The Morgan fingerprint density at radius 1 is 1.53 bits per heavy atom. The first kappa shape index (κ1) is 12.3. The molecule has 1 atom stereocenters. The summed E-state index contributed by atoms with van der Waals surface area (Å²) in [7, 11) is 3.58. The van der Waals surface area contributed by atoms with E-state index in [9.17, 15) is 0 Å². The predicted octanol–water partition coefficient (Wildman–Crippen LogP) is 1.84. The van der Waals surface area contributed by atoms with Gasteiger partial charge in [0.25, 0.3) is 0 Å². The molecule has 1 aromatic heterocycles. The third-order valence-corrected chi connectivity index (χ3v) is 2.13. The van der Waals surface area contributed by atoms with Crippen molar-refractivity contribution in [2.24, 2.45) is 0 Å². The van der Waals surface area contributed by atoms with Gasteiger partial charge >= 0.3 is 6.01 Å². The van der Waals surface area contributed by atoms with Crippen LogP contribution in [0.1, 0.15) is 24.6 Å². The second-order valence-corrected chi connectivity index (χ2v) is 3.96. The van der Waals surface area contributed by atoms with Gasteiger partial charge in [0.1, 0.15) is 5.38 Å². The van der Waals surface area contributed by atoms with Crippen molar-refractivity contribution in [1.29, 1.82) is 0 Å². The normalized spacial score (nSPS) is 12.8. The summed E-state index contributed by atoms with van der Waals surface area (Å²) in [5.41, 5.74) is 0. The summed E-state index contributed by atoms with van der Waals surface area (Å²) in [6, 6.07) is 0.494. The maximum atomic E-state index is 5.81. The quantitative estimate of drug-likeness (QED) is 0.554. The number of hydrogen-bond acceptors (Lipinski definition) is 5. The number of aromatic nitrogens is 2. The Morgan fingerprint density at radius 3 is 2.80 bits per heavy atom. The first-order chi connectivity index (χ1) is 7.15. The van der Waals surface area contributed by atoms with Gasteiger partial charge in [0.15, 0.2) is 0 Å². The fourth-order valence-electron chi connectivity index (χ4n) is 1.08. The highest BCUT2D eigenvalue weighted by molar-refractivity contribution is 6.20.